The molecule has 2 aromatic rings. The standard InChI is InChI=1S/C12H11Si.C5H5.Zr/c1-3-7-11(8-4-1)13-12-9-5-2-6-10-12;1-2-4-5-3-1;/h1-10,13H;1-3H,4H2;. The van der Waals surface area contributed by atoms with E-state index in [4.69, 9.17) is 0 Å². The third-order valence-corrected chi connectivity index (χ3v) is 16.8. The molecule has 0 spiro atoms. The van der Waals surface area contributed by atoms with E-state index in [-0.39, 0.29) is 0 Å². The van der Waals surface area contributed by atoms with Crippen LogP contribution in [-0.4, -0.2) is 5.92 Å². The molecule has 92 valence electrons. The first-order chi connectivity index (χ1) is 9.43. The molecule has 0 amide bonds. The Bertz CT molecular complexity index is 548. The molecule has 3 rings (SSSR count). The van der Waals surface area contributed by atoms with E-state index in [1.807, 2.05) is 0 Å². The molecule has 0 atom stereocenters. The van der Waals surface area contributed by atoms with Gasteiger partial charge in [-0.15, -0.1) is 0 Å². The number of rotatable bonds is 4. The monoisotopic (exact) mass is 338 g/mol. The van der Waals surface area contributed by atoms with Crippen molar-refractivity contribution < 1.29 is 22.4 Å². The van der Waals surface area contributed by atoms with Crippen LogP contribution in [0.4, 0.5) is 0 Å². The topological polar surface area (TPSA) is 0 Å². The Morgan fingerprint density at radius 1 is 0.789 bits per heavy atom. The van der Waals surface area contributed by atoms with Gasteiger partial charge >= 0.3 is 127 Å². The molecule has 2 heteroatoms. The van der Waals surface area contributed by atoms with Crippen molar-refractivity contribution in [1.29, 1.82) is 0 Å². The zero-order chi connectivity index (χ0) is 12.9. The van der Waals surface area contributed by atoms with Gasteiger partial charge in [-0.25, -0.2) is 0 Å². The van der Waals surface area contributed by atoms with E-state index < -0.39 is 28.3 Å². The summed E-state index contributed by atoms with van der Waals surface area (Å²) in [6.45, 7) is 0. The van der Waals surface area contributed by atoms with E-state index in [1.54, 1.807) is 13.7 Å². The second-order valence-corrected chi connectivity index (χ2v) is 15.2. The van der Waals surface area contributed by atoms with Crippen molar-refractivity contribution in [3.8, 4) is 0 Å². The van der Waals surface area contributed by atoms with Gasteiger partial charge < -0.3 is 0 Å². The summed E-state index contributed by atoms with van der Waals surface area (Å²) in [4.78, 5) is 0. The van der Waals surface area contributed by atoms with Crippen LogP contribution < -0.4 is 10.4 Å². The van der Waals surface area contributed by atoms with Crippen LogP contribution >= 0.6 is 0 Å². The zero-order valence-electron chi connectivity index (χ0n) is 10.8. The molecule has 1 aliphatic rings. The van der Waals surface area contributed by atoms with Crippen molar-refractivity contribution in [2.75, 3.05) is 0 Å². The minimum atomic E-state index is -0.942. The van der Waals surface area contributed by atoms with Crippen molar-refractivity contribution in [1.82, 2.24) is 0 Å². The summed E-state index contributed by atoms with van der Waals surface area (Å²) in [6.07, 6.45) is 8.13. The van der Waals surface area contributed by atoms with Crippen LogP contribution in [0.1, 0.15) is 6.42 Å². The summed E-state index contributed by atoms with van der Waals surface area (Å²) in [7, 11) is 0. The maximum atomic E-state index is 2.37. The van der Waals surface area contributed by atoms with Crippen LogP contribution in [0.25, 0.3) is 0 Å². The van der Waals surface area contributed by atoms with Gasteiger partial charge in [0.05, 0.1) is 0 Å². The van der Waals surface area contributed by atoms with E-state index in [0.29, 0.717) is 0 Å². The first-order valence-corrected chi connectivity index (χ1v) is 13.9. The molecule has 0 aromatic heterocycles. The third kappa shape index (κ3) is 3.32. The molecule has 0 bridgehead atoms. The van der Waals surface area contributed by atoms with Gasteiger partial charge in [-0.05, 0) is 0 Å². The average Bonchev–Trinajstić information content (AvgIpc) is 3.00. The molecule has 1 aliphatic carbocycles. The molecule has 0 N–H and O–H groups in total. The van der Waals surface area contributed by atoms with Gasteiger partial charge in [0.1, 0.15) is 0 Å². The quantitative estimate of drug-likeness (QED) is 0.751. The van der Waals surface area contributed by atoms with E-state index >= 15 is 0 Å². The molecule has 19 heavy (non-hydrogen) atoms. The SMILES string of the molecule is C1=CC[C]([Zr][SiH](c2ccccc2)c2ccccc2)=C1. The van der Waals surface area contributed by atoms with Crippen LogP contribution in [0.3, 0.4) is 0 Å². The zero-order valence-corrected chi connectivity index (χ0v) is 14.4. The molecular weight excluding hydrogens is 323 g/mol. The van der Waals surface area contributed by atoms with Gasteiger partial charge in [0.25, 0.3) is 0 Å². The summed E-state index contributed by atoms with van der Waals surface area (Å²) >= 11 is -0.473. The van der Waals surface area contributed by atoms with Gasteiger partial charge in [-0.2, -0.15) is 0 Å². The normalized spacial score (nSPS) is 13.6. The van der Waals surface area contributed by atoms with E-state index in [2.05, 4.69) is 78.9 Å². The van der Waals surface area contributed by atoms with Gasteiger partial charge in [0.15, 0.2) is 0 Å². The van der Waals surface area contributed by atoms with Crippen LogP contribution in [0.2, 0.25) is 0 Å². The fraction of sp³-hybridized carbons (Fsp3) is 0.0588. The number of benzene rings is 2. The third-order valence-electron chi connectivity index (χ3n) is 3.37. The predicted molar refractivity (Wildman–Crippen MR) is 81.1 cm³/mol. The van der Waals surface area contributed by atoms with Crippen molar-refractivity contribution in [2.45, 2.75) is 6.42 Å². The Kier molecular flexibility index (Phi) is 4.42. The molecular formula is C17H16SiZr. The summed E-state index contributed by atoms with van der Waals surface area (Å²) in [5.41, 5.74) is 0. The Morgan fingerprint density at radius 3 is 1.84 bits per heavy atom. The molecule has 0 nitrogen and oxygen atoms in total. The minimum absolute atomic E-state index is 0.473. The van der Waals surface area contributed by atoms with Crippen LogP contribution in [0.15, 0.2) is 82.2 Å². The fourth-order valence-corrected chi connectivity index (χ4v) is 15.0. The second kappa shape index (κ2) is 6.45. The summed E-state index contributed by atoms with van der Waals surface area (Å²) < 4.78 is 1.76. The molecule has 0 saturated carbocycles. The number of allylic oxidation sites excluding steroid dienone is 4. The second-order valence-electron chi connectivity index (χ2n) is 4.72. The van der Waals surface area contributed by atoms with Crippen molar-refractivity contribution in [3.05, 3.63) is 82.2 Å². The van der Waals surface area contributed by atoms with Crippen molar-refractivity contribution >= 4 is 16.3 Å². The molecule has 0 unspecified atom stereocenters. The van der Waals surface area contributed by atoms with Gasteiger partial charge in [-0.3, -0.25) is 0 Å². The summed E-state index contributed by atoms with van der Waals surface area (Å²) in [6, 6.07) is 22.4. The van der Waals surface area contributed by atoms with Crippen molar-refractivity contribution in [2.24, 2.45) is 0 Å². The first-order valence-electron chi connectivity index (χ1n) is 6.65. The Morgan fingerprint density at radius 2 is 1.37 bits per heavy atom. The van der Waals surface area contributed by atoms with Crippen LogP contribution in [-0.2, 0) is 22.4 Å². The molecule has 0 fully saturated rings. The number of hydrogen-bond donors (Lipinski definition) is 0. The Balaban J connectivity index is 1.92. The van der Waals surface area contributed by atoms with E-state index in [0.717, 1.165) is 0 Å². The fourth-order valence-electron chi connectivity index (χ4n) is 2.39. The molecule has 0 saturated heterocycles. The average molecular weight is 340 g/mol. The Labute approximate surface area is 127 Å². The predicted octanol–water partition coefficient (Wildman–Crippen LogP) is 2.45. The van der Waals surface area contributed by atoms with Crippen LogP contribution in [0.5, 0.6) is 0 Å². The van der Waals surface area contributed by atoms with Gasteiger partial charge in [0.2, 0.25) is 0 Å². The number of hydrogen-bond acceptors (Lipinski definition) is 0. The maximum absolute atomic E-state index is 2.37. The molecule has 2 aromatic carbocycles. The summed E-state index contributed by atoms with van der Waals surface area (Å²) in [5, 5.41) is 3.24. The van der Waals surface area contributed by atoms with Crippen LogP contribution in [0, 0.1) is 0 Å². The van der Waals surface area contributed by atoms with Gasteiger partial charge in [0, 0.05) is 0 Å². The molecule has 0 aliphatic heterocycles. The first kappa shape index (κ1) is 13.0. The Hall–Kier alpha value is -0.980. The molecule has 0 heterocycles. The molecule has 0 radical (unpaired) electrons. The van der Waals surface area contributed by atoms with Gasteiger partial charge in [-0.1, -0.05) is 0 Å². The van der Waals surface area contributed by atoms with E-state index in [9.17, 15) is 0 Å². The van der Waals surface area contributed by atoms with E-state index in [1.165, 1.54) is 6.42 Å². The van der Waals surface area contributed by atoms with Crippen molar-refractivity contribution in [3.63, 3.8) is 0 Å². The summed E-state index contributed by atoms with van der Waals surface area (Å²) in [5.74, 6) is -0.942.